The number of ether oxygens (including phenoxy) is 4. The Bertz CT molecular complexity index is 649. The first-order valence-electron chi connectivity index (χ1n) is 9.62. The standard InChI is InChI=1S/C20H29O9P/c1-2-3-9-26-10-11-27-13-14-4-6-15(7-5-14)28-20-19(23)18(22)17(21)16(29-20)8-12-30(24)25/h1,4-7,16-25H,3,8-13H2/t16?,17-,18?,19?,20+/m1/s1. The molecule has 1 aromatic rings. The fourth-order valence-electron chi connectivity index (χ4n) is 2.83. The molecule has 1 aromatic carbocycles. The fraction of sp³-hybridized carbons (Fsp3) is 0.600. The summed E-state index contributed by atoms with van der Waals surface area (Å²) in [7, 11) is -2.15. The molecule has 30 heavy (non-hydrogen) atoms. The molecule has 0 amide bonds. The summed E-state index contributed by atoms with van der Waals surface area (Å²) in [6.45, 7) is 1.80. The number of terminal acetylenes is 1. The largest absolute Gasteiger partial charge is 0.462 e. The minimum Gasteiger partial charge on any atom is -0.462 e. The lowest BCUT2D eigenvalue weighted by molar-refractivity contribution is -0.272. The summed E-state index contributed by atoms with van der Waals surface area (Å²) in [5.74, 6) is 2.89. The lowest BCUT2D eigenvalue weighted by atomic mass is 9.97. The van der Waals surface area contributed by atoms with E-state index in [2.05, 4.69) is 5.92 Å². The van der Waals surface area contributed by atoms with Crippen molar-refractivity contribution in [3.05, 3.63) is 29.8 Å². The average Bonchev–Trinajstić information content (AvgIpc) is 2.73. The zero-order valence-corrected chi connectivity index (χ0v) is 17.4. The molecular formula is C20H29O9P. The first kappa shape index (κ1) is 25.0. The van der Waals surface area contributed by atoms with Crippen molar-refractivity contribution in [2.45, 2.75) is 50.2 Å². The SMILES string of the molecule is C#CCCOCCOCc1ccc(O[C@H]2OC(CCP(O)O)[C@@H](O)C(O)C2O)cc1. The topological polar surface area (TPSA) is 138 Å². The molecule has 5 N–H and O–H groups in total. The predicted molar refractivity (Wildman–Crippen MR) is 109 cm³/mol. The van der Waals surface area contributed by atoms with Crippen LogP contribution in [0.1, 0.15) is 18.4 Å². The van der Waals surface area contributed by atoms with Gasteiger partial charge in [-0.05, 0) is 24.1 Å². The van der Waals surface area contributed by atoms with E-state index in [-0.39, 0.29) is 12.6 Å². The van der Waals surface area contributed by atoms with Gasteiger partial charge in [-0.3, -0.25) is 0 Å². The fourth-order valence-corrected chi connectivity index (χ4v) is 3.32. The molecular weight excluding hydrogens is 415 g/mol. The molecule has 0 radical (unpaired) electrons. The first-order valence-corrected chi connectivity index (χ1v) is 11.0. The number of benzene rings is 1. The van der Waals surface area contributed by atoms with E-state index in [1.165, 1.54) is 0 Å². The highest BCUT2D eigenvalue weighted by atomic mass is 31.2. The van der Waals surface area contributed by atoms with Crippen LogP contribution in [0.2, 0.25) is 0 Å². The molecule has 1 saturated heterocycles. The predicted octanol–water partition coefficient (Wildman–Crippen LogP) is 0.116. The van der Waals surface area contributed by atoms with E-state index in [0.717, 1.165) is 5.56 Å². The Morgan fingerprint density at radius 3 is 2.33 bits per heavy atom. The Morgan fingerprint density at radius 2 is 1.67 bits per heavy atom. The molecule has 0 bridgehead atoms. The zero-order chi connectivity index (χ0) is 21.9. The molecule has 0 saturated carbocycles. The average molecular weight is 444 g/mol. The van der Waals surface area contributed by atoms with Crippen LogP contribution < -0.4 is 4.74 Å². The third-order valence-electron chi connectivity index (χ3n) is 4.49. The number of rotatable bonds is 12. The van der Waals surface area contributed by atoms with Crippen LogP contribution in [0.4, 0.5) is 0 Å². The van der Waals surface area contributed by atoms with Gasteiger partial charge in [0.05, 0.1) is 32.5 Å². The summed E-state index contributed by atoms with van der Waals surface area (Å²) < 4.78 is 22.0. The summed E-state index contributed by atoms with van der Waals surface area (Å²) >= 11 is 0. The molecule has 0 aliphatic carbocycles. The molecule has 10 heteroatoms. The van der Waals surface area contributed by atoms with E-state index in [1.54, 1.807) is 24.3 Å². The molecule has 5 atom stereocenters. The van der Waals surface area contributed by atoms with E-state index < -0.39 is 39.1 Å². The molecule has 0 spiro atoms. The Kier molecular flexibility index (Phi) is 11.0. The Hall–Kier alpha value is -1.31. The van der Waals surface area contributed by atoms with Gasteiger partial charge < -0.3 is 44.1 Å². The second kappa shape index (κ2) is 13.2. The molecule has 1 fully saturated rings. The van der Waals surface area contributed by atoms with Crippen molar-refractivity contribution in [1.82, 2.24) is 0 Å². The van der Waals surface area contributed by atoms with E-state index in [4.69, 9.17) is 35.2 Å². The molecule has 1 aliphatic rings. The van der Waals surface area contributed by atoms with Gasteiger partial charge in [0.2, 0.25) is 6.29 Å². The van der Waals surface area contributed by atoms with Crippen molar-refractivity contribution >= 4 is 8.38 Å². The maximum Gasteiger partial charge on any atom is 0.229 e. The van der Waals surface area contributed by atoms with Gasteiger partial charge in [-0.15, -0.1) is 12.3 Å². The molecule has 2 rings (SSSR count). The van der Waals surface area contributed by atoms with Gasteiger partial charge in [-0.1, -0.05) is 12.1 Å². The first-order chi connectivity index (χ1) is 14.4. The number of hydrogen-bond donors (Lipinski definition) is 5. The van der Waals surface area contributed by atoms with Gasteiger partial charge in [0.25, 0.3) is 0 Å². The van der Waals surface area contributed by atoms with Crippen LogP contribution in [0.25, 0.3) is 0 Å². The lowest BCUT2D eigenvalue weighted by Gasteiger charge is -2.40. The molecule has 9 nitrogen and oxygen atoms in total. The zero-order valence-electron chi connectivity index (χ0n) is 16.5. The van der Waals surface area contributed by atoms with Crippen molar-refractivity contribution in [1.29, 1.82) is 0 Å². The van der Waals surface area contributed by atoms with Crippen LogP contribution in [0.15, 0.2) is 24.3 Å². The molecule has 1 heterocycles. The lowest BCUT2D eigenvalue weighted by Crippen LogP contribution is -2.59. The number of hydrogen-bond acceptors (Lipinski definition) is 9. The Morgan fingerprint density at radius 1 is 0.967 bits per heavy atom. The number of aliphatic hydroxyl groups is 3. The van der Waals surface area contributed by atoms with Crippen LogP contribution >= 0.6 is 8.38 Å². The van der Waals surface area contributed by atoms with Gasteiger partial charge in [0.1, 0.15) is 24.1 Å². The summed E-state index contributed by atoms with van der Waals surface area (Å²) in [6, 6.07) is 6.92. The molecule has 1 aliphatic heterocycles. The smallest absolute Gasteiger partial charge is 0.229 e. The number of aliphatic hydroxyl groups excluding tert-OH is 3. The summed E-state index contributed by atoms with van der Waals surface area (Å²) in [4.78, 5) is 18.1. The van der Waals surface area contributed by atoms with Gasteiger partial charge in [-0.25, -0.2) is 0 Å². The van der Waals surface area contributed by atoms with E-state index in [0.29, 0.717) is 38.6 Å². The van der Waals surface area contributed by atoms with Crippen LogP contribution in [0, 0.1) is 12.3 Å². The van der Waals surface area contributed by atoms with Crippen LogP contribution in [0.3, 0.4) is 0 Å². The third kappa shape index (κ3) is 8.08. The molecule has 168 valence electrons. The van der Waals surface area contributed by atoms with Crippen molar-refractivity contribution in [2.24, 2.45) is 0 Å². The monoisotopic (exact) mass is 444 g/mol. The summed E-state index contributed by atoms with van der Waals surface area (Å²) in [5, 5.41) is 30.2. The highest BCUT2D eigenvalue weighted by Gasteiger charge is 2.44. The van der Waals surface area contributed by atoms with Crippen molar-refractivity contribution in [2.75, 3.05) is 26.0 Å². The Balaban J connectivity index is 1.81. The van der Waals surface area contributed by atoms with Crippen LogP contribution in [-0.4, -0.2) is 81.8 Å². The highest BCUT2D eigenvalue weighted by molar-refractivity contribution is 7.45. The van der Waals surface area contributed by atoms with Crippen LogP contribution in [0.5, 0.6) is 5.75 Å². The quantitative estimate of drug-likeness (QED) is 0.173. The minimum atomic E-state index is -2.15. The highest BCUT2D eigenvalue weighted by Crippen LogP contribution is 2.30. The van der Waals surface area contributed by atoms with Gasteiger partial charge >= 0.3 is 0 Å². The second-order valence-corrected chi connectivity index (χ2v) is 7.97. The van der Waals surface area contributed by atoms with Crippen molar-refractivity contribution in [3.8, 4) is 18.1 Å². The Labute approximate surface area is 177 Å². The third-order valence-corrected chi connectivity index (χ3v) is 5.15. The van der Waals surface area contributed by atoms with Gasteiger partial charge in [0.15, 0.2) is 8.38 Å². The van der Waals surface area contributed by atoms with E-state index in [9.17, 15) is 15.3 Å². The molecule has 0 aromatic heterocycles. The summed E-state index contributed by atoms with van der Waals surface area (Å²) in [6.07, 6.45) is -0.581. The van der Waals surface area contributed by atoms with E-state index >= 15 is 0 Å². The molecule has 3 unspecified atom stereocenters. The van der Waals surface area contributed by atoms with E-state index in [1.807, 2.05) is 0 Å². The van der Waals surface area contributed by atoms with Gasteiger partial charge in [0, 0.05) is 12.6 Å². The maximum atomic E-state index is 10.1. The summed E-state index contributed by atoms with van der Waals surface area (Å²) in [5.41, 5.74) is 0.906. The van der Waals surface area contributed by atoms with Crippen LogP contribution in [-0.2, 0) is 20.8 Å². The maximum absolute atomic E-state index is 10.1. The van der Waals surface area contributed by atoms with Gasteiger partial charge in [-0.2, -0.15) is 0 Å². The normalized spacial score (nSPS) is 26.5. The van der Waals surface area contributed by atoms with Crippen molar-refractivity contribution in [3.63, 3.8) is 0 Å². The minimum absolute atomic E-state index is 0.0102. The van der Waals surface area contributed by atoms with Crippen molar-refractivity contribution < 1.29 is 44.1 Å². The second-order valence-electron chi connectivity index (χ2n) is 6.78.